The summed E-state index contributed by atoms with van der Waals surface area (Å²) in [5, 5.41) is 8.91. The Bertz CT molecular complexity index is 676. The highest BCUT2D eigenvalue weighted by atomic mass is 32.2. The van der Waals surface area contributed by atoms with Crippen molar-refractivity contribution in [2.45, 2.75) is 77.7 Å². The van der Waals surface area contributed by atoms with Gasteiger partial charge in [0.05, 0.1) is 12.1 Å². The van der Waals surface area contributed by atoms with E-state index in [4.69, 9.17) is 5.11 Å². The van der Waals surface area contributed by atoms with Crippen LogP contribution in [-0.2, 0) is 21.4 Å². The fourth-order valence-corrected chi connectivity index (χ4v) is 4.15. The Morgan fingerprint density at radius 1 is 1.15 bits per heavy atom. The number of nitrogens with zero attached hydrogens (tertiary/aromatic N) is 1. The fourth-order valence-electron chi connectivity index (χ4n) is 2.93. The molecule has 0 unspecified atom stereocenters. The standard InChI is InChI=1S/C20H34N2O4S/c1-4-6-7-8-9-10-12-17-13-11-14-19(15-17)22(3)27(25,26)21-18(5-2)16-20(23)24/h11,13-15,18,21H,4-10,12,16H2,1-3H3,(H,23,24)/t18-/m0/s1. The van der Waals surface area contributed by atoms with E-state index in [1.165, 1.54) is 43.5 Å². The van der Waals surface area contributed by atoms with Gasteiger partial charge >= 0.3 is 16.2 Å². The smallest absolute Gasteiger partial charge is 0.304 e. The quantitative estimate of drug-likeness (QED) is 0.462. The minimum absolute atomic E-state index is 0.234. The molecule has 1 atom stereocenters. The Labute approximate surface area is 164 Å². The van der Waals surface area contributed by atoms with Gasteiger partial charge in [0.1, 0.15) is 0 Å². The SMILES string of the molecule is CCCCCCCCc1cccc(N(C)S(=O)(=O)N[C@@H](CC)CC(=O)O)c1. The van der Waals surface area contributed by atoms with Crippen LogP contribution in [-0.4, -0.2) is 32.6 Å². The van der Waals surface area contributed by atoms with Crippen LogP contribution in [0.4, 0.5) is 5.69 Å². The molecule has 1 aromatic carbocycles. The fraction of sp³-hybridized carbons (Fsp3) is 0.650. The van der Waals surface area contributed by atoms with Crippen LogP contribution in [0, 0.1) is 0 Å². The maximum absolute atomic E-state index is 12.6. The number of anilines is 1. The Morgan fingerprint density at radius 2 is 1.81 bits per heavy atom. The number of hydrogen-bond acceptors (Lipinski definition) is 3. The molecule has 0 fully saturated rings. The first-order valence-electron chi connectivity index (χ1n) is 9.87. The third-order valence-corrected chi connectivity index (χ3v) is 6.25. The number of nitrogens with one attached hydrogen (secondary N) is 1. The monoisotopic (exact) mass is 398 g/mol. The molecular formula is C20H34N2O4S. The van der Waals surface area contributed by atoms with Crippen molar-refractivity contribution in [3.63, 3.8) is 0 Å². The third-order valence-electron chi connectivity index (χ3n) is 4.68. The molecule has 0 heterocycles. The van der Waals surface area contributed by atoms with Crippen LogP contribution in [0.2, 0.25) is 0 Å². The number of hydrogen-bond donors (Lipinski definition) is 2. The Balaban J connectivity index is 2.68. The highest BCUT2D eigenvalue weighted by Crippen LogP contribution is 2.20. The van der Waals surface area contributed by atoms with Crippen LogP contribution in [0.5, 0.6) is 0 Å². The first-order chi connectivity index (χ1) is 12.8. The highest BCUT2D eigenvalue weighted by Gasteiger charge is 2.23. The van der Waals surface area contributed by atoms with Crippen LogP contribution < -0.4 is 9.03 Å². The molecule has 2 N–H and O–H groups in total. The number of aliphatic carboxylic acids is 1. The molecule has 0 aliphatic rings. The molecule has 0 saturated carbocycles. The molecule has 1 rings (SSSR count). The van der Waals surface area contributed by atoms with Gasteiger partial charge in [0.2, 0.25) is 0 Å². The zero-order valence-electron chi connectivity index (χ0n) is 16.8. The van der Waals surface area contributed by atoms with Gasteiger partial charge in [-0.05, 0) is 37.0 Å². The summed E-state index contributed by atoms with van der Waals surface area (Å²) in [6.07, 6.45) is 8.43. The van der Waals surface area contributed by atoms with Gasteiger partial charge in [-0.25, -0.2) is 0 Å². The van der Waals surface area contributed by atoms with Crippen molar-refractivity contribution in [3.05, 3.63) is 29.8 Å². The van der Waals surface area contributed by atoms with Crippen LogP contribution in [0.25, 0.3) is 0 Å². The van der Waals surface area contributed by atoms with Crippen molar-refractivity contribution in [3.8, 4) is 0 Å². The first kappa shape index (κ1) is 23.4. The summed E-state index contributed by atoms with van der Waals surface area (Å²) >= 11 is 0. The number of carboxylic acids is 1. The van der Waals surface area contributed by atoms with Crippen LogP contribution in [0.15, 0.2) is 24.3 Å². The van der Waals surface area contributed by atoms with Gasteiger partial charge in [0.15, 0.2) is 0 Å². The maximum Gasteiger partial charge on any atom is 0.304 e. The lowest BCUT2D eigenvalue weighted by atomic mass is 10.0. The van der Waals surface area contributed by atoms with Crippen molar-refractivity contribution >= 4 is 21.9 Å². The summed E-state index contributed by atoms with van der Waals surface area (Å²) in [7, 11) is -2.32. The van der Waals surface area contributed by atoms with E-state index in [9.17, 15) is 13.2 Å². The molecule has 0 aliphatic carbocycles. The minimum Gasteiger partial charge on any atom is -0.481 e. The lowest BCUT2D eigenvalue weighted by molar-refractivity contribution is -0.137. The number of carboxylic acid groups (broad SMARTS) is 1. The Morgan fingerprint density at radius 3 is 2.44 bits per heavy atom. The molecular weight excluding hydrogens is 364 g/mol. The molecule has 7 heteroatoms. The van der Waals surface area contributed by atoms with Gasteiger partial charge in [-0.1, -0.05) is 58.1 Å². The van der Waals surface area contributed by atoms with Crippen molar-refractivity contribution < 1.29 is 18.3 Å². The predicted octanol–water partition coefficient (Wildman–Crippen LogP) is 4.11. The summed E-state index contributed by atoms with van der Waals surface area (Å²) in [5.74, 6) is -1.02. The third kappa shape index (κ3) is 8.75. The lowest BCUT2D eigenvalue weighted by Gasteiger charge is -2.23. The van der Waals surface area contributed by atoms with Crippen LogP contribution >= 0.6 is 0 Å². The van der Waals surface area contributed by atoms with Gasteiger partial charge in [-0.3, -0.25) is 9.10 Å². The molecule has 6 nitrogen and oxygen atoms in total. The number of rotatable bonds is 14. The normalized spacial score (nSPS) is 12.7. The van der Waals surface area contributed by atoms with Gasteiger partial charge in [-0.2, -0.15) is 13.1 Å². The van der Waals surface area contributed by atoms with Gasteiger partial charge < -0.3 is 5.11 Å². The maximum atomic E-state index is 12.6. The predicted molar refractivity (Wildman–Crippen MR) is 110 cm³/mol. The van der Waals surface area contributed by atoms with Crippen molar-refractivity contribution in [1.29, 1.82) is 0 Å². The Hall–Kier alpha value is -1.60. The van der Waals surface area contributed by atoms with E-state index >= 15 is 0 Å². The first-order valence-corrected chi connectivity index (χ1v) is 11.3. The second-order valence-corrected chi connectivity index (χ2v) is 8.71. The lowest BCUT2D eigenvalue weighted by Crippen LogP contribution is -2.44. The van der Waals surface area contributed by atoms with Crippen molar-refractivity contribution in [2.24, 2.45) is 0 Å². The topological polar surface area (TPSA) is 86.7 Å². The van der Waals surface area contributed by atoms with Gasteiger partial charge in [0.25, 0.3) is 0 Å². The molecule has 0 amide bonds. The summed E-state index contributed by atoms with van der Waals surface area (Å²) in [4.78, 5) is 10.9. The molecule has 0 spiro atoms. The van der Waals surface area contributed by atoms with E-state index in [0.717, 1.165) is 18.4 Å². The average Bonchev–Trinajstić information content (AvgIpc) is 2.63. The van der Waals surface area contributed by atoms with Crippen LogP contribution in [0.3, 0.4) is 0 Å². The Kier molecular flexibility index (Phi) is 10.4. The minimum atomic E-state index is -3.80. The van der Waals surface area contributed by atoms with Crippen LogP contribution in [0.1, 0.15) is 70.8 Å². The van der Waals surface area contributed by atoms with Crippen molar-refractivity contribution in [1.82, 2.24) is 4.72 Å². The van der Waals surface area contributed by atoms with E-state index in [0.29, 0.717) is 12.1 Å². The second kappa shape index (κ2) is 12.0. The van der Waals surface area contributed by atoms with E-state index in [-0.39, 0.29) is 6.42 Å². The molecule has 0 aromatic heterocycles. The molecule has 1 aromatic rings. The van der Waals surface area contributed by atoms with E-state index < -0.39 is 22.2 Å². The molecule has 0 aliphatic heterocycles. The number of aryl methyl sites for hydroxylation is 1. The second-order valence-electron chi connectivity index (χ2n) is 6.98. The zero-order valence-corrected chi connectivity index (χ0v) is 17.6. The highest BCUT2D eigenvalue weighted by molar-refractivity contribution is 7.90. The largest absolute Gasteiger partial charge is 0.481 e. The molecule has 0 radical (unpaired) electrons. The summed E-state index contributed by atoms with van der Waals surface area (Å²) in [6.45, 7) is 3.96. The van der Waals surface area contributed by atoms with E-state index in [2.05, 4.69) is 11.6 Å². The summed E-state index contributed by atoms with van der Waals surface area (Å²) < 4.78 is 28.8. The van der Waals surface area contributed by atoms with Crippen molar-refractivity contribution in [2.75, 3.05) is 11.4 Å². The van der Waals surface area contributed by atoms with Gasteiger partial charge in [-0.15, -0.1) is 0 Å². The summed E-state index contributed by atoms with van der Waals surface area (Å²) in [6, 6.07) is 6.90. The summed E-state index contributed by atoms with van der Waals surface area (Å²) in [5.41, 5.74) is 1.69. The zero-order chi connectivity index (χ0) is 20.3. The number of benzene rings is 1. The number of unbranched alkanes of at least 4 members (excludes halogenated alkanes) is 5. The molecule has 27 heavy (non-hydrogen) atoms. The average molecular weight is 399 g/mol. The molecule has 154 valence electrons. The molecule has 0 bridgehead atoms. The molecule has 0 saturated heterocycles. The van der Waals surface area contributed by atoms with E-state index in [1.54, 1.807) is 13.0 Å². The number of carbonyl (C=O) groups is 1. The van der Waals surface area contributed by atoms with E-state index in [1.807, 2.05) is 18.2 Å². The van der Waals surface area contributed by atoms with Gasteiger partial charge in [0, 0.05) is 13.1 Å².